The first-order valence-corrected chi connectivity index (χ1v) is 6.09. The maximum absolute atomic E-state index is 13.7. The third kappa shape index (κ3) is 3.87. The molecule has 0 aliphatic heterocycles. The van der Waals surface area contributed by atoms with Crippen molar-refractivity contribution in [3.05, 3.63) is 29.1 Å². The van der Waals surface area contributed by atoms with Crippen molar-refractivity contribution in [3.8, 4) is 5.75 Å². The van der Waals surface area contributed by atoms with E-state index in [1.54, 1.807) is 0 Å². The van der Waals surface area contributed by atoms with E-state index in [1.165, 1.54) is 0 Å². The monoisotopic (exact) mass is 275 g/mol. The minimum absolute atomic E-state index is 0.0949. The number of nitrogens with two attached hydrogens (primary N) is 1. The number of carbonyl (C=O) groups excluding carboxylic acids is 1. The van der Waals surface area contributed by atoms with Gasteiger partial charge in [-0.05, 0) is 6.42 Å². The molecule has 0 atom stereocenters. The van der Waals surface area contributed by atoms with Gasteiger partial charge < -0.3 is 10.5 Å². The minimum atomic E-state index is -1.39. The second kappa shape index (κ2) is 7.01. The fourth-order valence-corrected chi connectivity index (χ4v) is 1.63. The van der Waals surface area contributed by atoms with Gasteiger partial charge in [-0.15, -0.1) is 0 Å². The molecule has 0 saturated carbocycles. The predicted octanol–water partition coefficient (Wildman–Crippen LogP) is 3.16. The Morgan fingerprint density at radius 2 is 1.89 bits per heavy atom. The van der Waals surface area contributed by atoms with Crippen molar-refractivity contribution < 1.29 is 22.7 Å². The van der Waals surface area contributed by atoms with Gasteiger partial charge in [0.05, 0.1) is 6.61 Å². The summed E-state index contributed by atoms with van der Waals surface area (Å²) in [6.45, 7) is 2.12. The van der Waals surface area contributed by atoms with Crippen molar-refractivity contribution in [2.24, 2.45) is 5.73 Å². The fraction of sp³-hybridized carbons (Fsp3) is 0.462. The van der Waals surface area contributed by atoms with E-state index in [0.717, 1.165) is 19.3 Å². The molecule has 0 radical (unpaired) electrons. The molecule has 2 N–H and O–H groups in total. The van der Waals surface area contributed by atoms with Crippen LogP contribution in [0.3, 0.4) is 0 Å². The molecule has 0 bridgehead atoms. The zero-order valence-corrected chi connectivity index (χ0v) is 10.6. The van der Waals surface area contributed by atoms with Crippen LogP contribution >= 0.6 is 0 Å². The number of ether oxygens (including phenoxy) is 1. The summed E-state index contributed by atoms with van der Waals surface area (Å²) < 4.78 is 45.2. The molecule has 0 unspecified atom stereocenters. The number of benzene rings is 1. The van der Waals surface area contributed by atoms with Crippen molar-refractivity contribution >= 4 is 5.91 Å². The van der Waals surface area contributed by atoms with Gasteiger partial charge in [0.15, 0.2) is 17.4 Å². The normalized spacial score (nSPS) is 10.5. The first kappa shape index (κ1) is 15.3. The summed E-state index contributed by atoms with van der Waals surface area (Å²) in [5, 5.41) is 0. The Bertz CT molecular complexity index is 464. The number of carbonyl (C=O) groups is 1. The Labute approximate surface area is 109 Å². The Morgan fingerprint density at radius 1 is 1.21 bits per heavy atom. The molecule has 0 aliphatic carbocycles. The van der Waals surface area contributed by atoms with Crippen LogP contribution in [0.4, 0.5) is 13.2 Å². The highest BCUT2D eigenvalue weighted by atomic mass is 19.1. The molecule has 0 spiro atoms. The van der Waals surface area contributed by atoms with Crippen LogP contribution in [-0.4, -0.2) is 12.5 Å². The molecule has 0 aliphatic rings. The number of hydrogen-bond acceptors (Lipinski definition) is 2. The lowest BCUT2D eigenvalue weighted by molar-refractivity contribution is 0.0990. The van der Waals surface area contributed by atoms with Crippen LogP contribution < -0.4 is 10.5 Å². The summed E-state index contributed by atoms with van der Waals surface area (Å²) in [7, 11) is 0. The zero-order chi connectivity index (χ0) is 14.4. The smallest absolute Gasteiger partial charge is 0.254 e. The van der Waals surface area contributed by atoms with E-state index in [-0.39, 0.29) is 6.61 Å². The predicted molar refractivity (Wildman–Crippen MR) is 64.5 cm³/mol. The summed E-state index contributed by atoms with van der Waals surface area (Å²) in [6.07, 6.45) is 3.50. The second-order valence-electron chi connectivity index (χ2n) is 4.13. The van der Waals surface area contributed by atoms with Crippen LogP contribution in [0, 0.1) is 17.5 Å². The summed E-state index contributed by atoms with van der Waals surface area (Å²) in [6, 6.07) is 0.393. The Hall–Kier alpha value is -1.72. The Balaban J connectivity index is 2.83. The molecule has 106 valence electrons. The van der Waals surface area contributed by atoms with Crippen LogP contribution in [0.15, 0.2) is 6.07 Å². The van der Waals surface area contributed by atoms with E-state index in [0.29, 0.717) is 12.5 Å². The lowest BCUT2D eigenvalue weighted by atomic mass is 10.1. The van der Waals surface area contributed by atoms with Gasteiger partial charge >= 0.3 is 0 Å². The molecule has 1 amide bonds. The second-order valence-corrected chi connectivity index (χ2v) is 4.13. The van der Waals surface area contributed by atoms with E-state index in [1.807, 2.05) is 6.92 Å². The molecule has 0 saturated heterocycles. The van der Waals surface area contributed by atoms with E-state index >= 15 is 0 Å². The lowest BCUT2D eigenvalue weighted by Gasteiger charge is -2.10. The van der Waals surface area contributed by atoms with Gasteiger partial charge in [-0.2, -0.15) is 0 Å². The van der Waals surface area contributed by atoms with Gasteiger partial charge in [-0.25, -0.2) is 13.2 Å². The van der Waals surface area contributed by atoms with Gasteiger partial charge in [-0.1, -0.05) is 26.2 Å². The molecular weight excluding hydrogens is 259 g/mol. The molecule has 0 aromatic heterocycles. The zero-order valence-electron chi connectivity index (χ0n) is 10.6. The minimum Gasteiger partial charge on any atom is -0.488 e. The van der Waals surface area contributed by atoms with Crippen molar-refractivity contribution in [2.75, 3.05) is 6.61 Å². The standard InChI is InChI=1S/C13H16F3NO2/c1-2-3-4-5-6-19-12-9(15)7-8(14)10(11(12)16)13(17)18/h7H,2-6H2,1H3,(H2,17,18). The van der Waals surface area contributed by atoms with Crippen LogP contribution in [0.5, 0.6) is 5.75 Å². The Kier molecular flexibility index (Phi) is 5.66. The van der Waals surface area contributed by atoms with Gasteiger partial charge in [0.1, 0.15) is 11.4 Å². The Morgan fingerprint density at radius 3 is 2.47 bits per heavy atom. The number of rotatable bonds is 7. The number of halogens is 3. The van der Waals surface area contributed by atoms with Gasteiger partial charge in [0.2, 0.25) is 0 Å². The average Bonchev–Trinajstić information content (AvgIpc) is 2.31. The summed E-state index contributed by atoms with van der Waals surface area (Å²) in [4.78, 5) is 10.9. The van der Waals surface area contributed by atoms with Crippen molar-refractivity contribution in [2.45, 2.75) is 32.6 Å². The molecule has 1 aromatic rings. The summed E-state index contributed by atoms with van der Waals surface area (Å²) >= 11 is 0. The molecule has 1 aromatic carbocycles. The van der Waals surface area contributed by atoms with E-state index < -0.39 is 34.7 Å². The van der Waals surface area contributed by atoms with Crippen LogP contribution in [0.1, 0.15) is 43.0 Å². The van der Waals surface area contributed by atoms with E-state index in [2.05, 4.69) is 0 Å². The van der Waals surface area contributed by atoms with Gasteiger partial charge in [0.25, 0.3) is 5.91 Å². The summed E-state index contributed by atoms with van der Waals surface area (Å²) in [5.74, 6) is -5.96. The van der Waals surface area contributed by atoms with Crippen LogP contribution in [0.25, 0.3) is 0 Å². The molecule has 3 nitrogen and oxygen atoms in total. The maximum atomic E-state index is 13.7. The molecule has 1 rings (SSSR count). The molecule has 6 heteroatoms. The number of amides is 1. The number of hydrogen-bond donors (Lipinski definition) is 1. The maximum Gasteiger partial charge on any atom is 0.254 e. The molecule has 0 fully saturated rings. The fourth-order valence-electron chi connectivity index (χ4n) is 1.63. The van der Waals surface area contributed by atoms with Crippen molar-refractivity contribution in [3.63, 3.8) is 0 Å². The highest BCUT2D eigenvalue weighted by Crippen LogP contribution is 2.27. The van der Waals surface area contributed by atoms with Gasteiger partial charge in [-0.3, -0.25) is 4.79 Å². The highest BCUT2D eigenvalue weighted by molar-refractivity contribution is 5.93. The first-order valence-electron chi connectivity index (χ1n) is 6.09. The lowest BCUT2D eigenvalue weighted by Crippen LogP contribution is -2.17. The van der Waals surface area contributed by atoms with Gasteiger partial charge in [0, 0.05) is 6.07 Å². The average molecular weight is 275 g/mol. The third-order valence-corrected chi connectivity index (χ3v) is 2.62. The highest BCUT2D eigenvalue weighted by Gasteiger charge is 2.23. The van der Waals surface area contributed by atoms with Crippen LogP contribution in [0.2, 0.25) is 0 Å². The first-order chi connectivity index (χ1) is 8.99. The quantitative estimate of drug-likeness (QED) is 0.777. The SMILES string of the molecule is CCCCCCOc1c(F)cc(F)c(C(N)=O)c1F. The van der Waals surface area contributed by atoms with E-state index in [4.69, 9.17) is 10.5 Å². The van der Waals surface area contributed by atoms with Crippen LogP contribution in [-0.2, 0) is 0 Å². The summed E-state index contributed by atoms with van der Waals surface area (Å²) in [5.41, 5.74) is 3.85. The van der Waals surface area contributed by atoms with Crippen molar-refractivity contribution in [1.29, 1.82) is 0 Å². The van der Waals surface area contributed by atoms with E-state index in [9.17, 15) is 18.0 Å². The topological polar surface area (TPSA) is 52.3 Å². The molecule has 19 heavy (non-hydrogen) atoms. The third-order valence-electron chi connectivity index (χ3n) is 2.62. The number of primary amides is 1. The van der Waals surface area contributed by atoms with Crippen molar-refractivity contribution in [1.82, 2.24) is 0 Å². The molecular formula is C13H16F3NO2. The largest absolute Gasteiger partial charge is 0.488 e. The number of unbranched alkanes of at least 4 members (excludes halogenated alkanes) is 3. The molecule has 0 heterocycles.